The fourth-order valence-corrected chi connectivity index (χ4v) is 12.1. The Balaban J connectivity index is 1.84. The van der Waals surface area contributed by atoms with Gasteiger partial charge >= 0.3 is 11.9 Å². The summed E-state index contributed by atoms with van der Waals surface area (Å²) in [6, 6.07) is 10.7. The third-order valence-electron chi connectivity index (χ3n) is 12.2. The molecule has 2 saturated carbocycles. The summed E-state index contributed by atoms with van der Waals surface area (Å²) < 4.78 is 25.7. The monoisotopic (exact) mass is 658 g/mol. The Morgan fingerprint density at radius 1 is 1.04 bits per heavy atom. The summed E-state index contributed by atoms with van der Waals surface area (Å²) in [6.07, 6.45) is -6.03. The van der Waals surface area contributed by atoms with Gasteiger partial charge in [0, 0.05) is 25.2 Å². The molecule has 1 aromatic rings. The number of fused-ring (bicyclic) bond motifs is 5. The van der Waals surface area contributed by atoms with Gasteiger partial charge in [-0.05, 0) is 55.3 Å². The molecule has 3 aliphatic carbocycles. The van der Waals surface area contributed by atoms with Crippen molar-refractivity contribution in [2.24, 2.45) is 16.7 Å². The zero-order valence-corrected chi connectivity index (χ0v) is 29.3. The van der Waals surface area contributed by atoms with Crippen molar-refractivity contribution >= 4 is 26.0 Å². The van der Waals surface area contributed by atoms with Crippen molar-refractivity contribution in [1.29, 1.82) is 0 Å². The molecule has 1 aromatic carbocycles. The summed E-state index contributed by atoms with van der Waals surface area (Å²) in [4.78, 5) is 41.9. The highest BCUT2D eigenvalue weighted by Gasteiger charge is 2.78. The maximum atomic E-state index is 15.1. The Morgan fingerprint density at radius 3 is 2.17 bits per heavy atom. The van der Waals surface area contributed by atoms with E-state index >= 15 is 4.79 Å². The highest BCUT2D eigenvalue weighted by atomic mass is 28.4. The van der Waals surface area contributed by atoms with Gasteiger partial charge in [-0.25, -0.2) is 4.79 Å². The SMILES string of the molecule is CC[Si](CC)(CC)O[C@H]1C[C@H]2OC[C@@]2(OC(C)=O)[C@H]2[C@H](OC(=O)c3ccccc3)[C@]3(O)CC(O)C(C)=C(C(O)C(=O)[C@]12C)C3(C)C. The zero-order chi connectivity index (χ0) is 34.0. The Bertz CT molecular complexity index is 1400. The molecule has 0 spiro atoms. The molecule has 9 atom stereocenters. The van der Waals surface area contributed by atoms with Crippen LogP contribution in [0.15, 0.2) is 41.5 Å². The van der Waals surface area contributed by atoms with Crippen LogP contribution in [0, 0.1) is 16.7 Å². The topological polar surface area (TPSA) is 149 Å². The van der Waals surface area contributed by atoms with Crippen molar-refractivity contribution in [3.8, 4) is 0 Å². The van der Waals surface area contributed by atoms with Crippen molar-refractivity contribution in [2.75, 3.05) is 6.61 Å². The van der Waals surface area contributed by atoms with Crippen LogP contribution in [0.3, 0.4) is 0 Å². The summed E-state index contributed by atoms with van der Waals surface area (Å²) in [5.41, 5.74) is -5.70. The van der Waals surface area contributed by atoms with Crippen LogP contribution < -0.4 is 0 Å². The molecule has 11 heteroatoms. The molecule has 1 heterocycles. The molecule has 2 bridgehead atoms. The zero-order valence-electron chi connectivity index (χ0n) is 28.3. The average molecular weight is 659 g/mol. The van der Waals surface area contributed by atoms with E-state index in [0.717, 1.165) is 18.1 Å². The molecule has 3 fully saturated rings. The highest BCUT2D eigenvalue weighted by Crippen LogP contribution is 2.64. The molecule has 0 amide bonds. The van der Waals surface area contributed by atoms with Crippen molar-refractivity contribution in [1.82, 2.24) is 0 Å². The molecule has 5 rings (SSSR count). The van der Waals surface area contributed by atoms with Crippen LogP contribution in [-0.2, 0) is 28.2 Å². The molecule has 2 unspecified atom stereocenters. The van der Waals surface area contributed by atoms with E-state index in [2.05, 4.69) is 20.8 Å². The number of rotatable bonds is 8. The number of benzene rings is 1. The van der Waals surface area contributed by atoms with E-state index in [1.54, 1.807) is 58.0 Å². The van der Waals surface area contributed by atoms with Crippen LogP contribution in [0.5, 0.6) is 0 Å². The Morgan fingerprint density at radius 2 is 1.65 bits per heavy atom. The first-order chi connectivity index (χ1) is 21.5. The van der Waals surface area contributed by atoms with E-state index in [0.29, 0.717) is 5.57 Å². The van der Waals surface area contributed by atoms with Gasteiger partial charge in [0.15, 0.2) is 19.7 Å². The van der Waals surface area contributed by atoms with Crippen molar-refractivity contribution < 1.29 is 48.3 Å². The first kappa shape index (κ1) is 34.9. The molecule has 3 N–H and O–H groups in total. The maximum absolute atomic E-state index is 15.1. The van der Waals surface area contributed by atoms with E-state index in [4.69, 9.17) is 18.6 Å². The molecule has 0 radical (unpaired) electrons. The number of ketones is 1. The van der Waals surface area contributed by atoms with Crippen LogP contribution in [0.4, 0.5) is 0 Å². The summed E-state index contributed by atoms with van der Waals surface area (Å²) in [5, 5.41) is 36.5. The molecule has 1 aliphatic heterocycles. The molecule has 0 aromatic heterocycles. The number of aliphatic hydroxyl groups is 3. The predicted molar refractivity (Wildman–Crippen MR) is 171 cm³/mol. The minimum Gasteiger partial charge on any atom is -0.455 e. The Labute approximate surface area is 272 Å². The number of esters is 2. The molecular weight excluding hydrogens is 608 g/mol. The standard InChI is InChI=1S/C35H50O10Si/c1-9-46(10-2,11-3)45-24-17-25-34(19-42-25,44-21(5)36)28-30(43-31(40)22-15-13-12-14-16-22)35(41)18-23(37)20(4)26(32(35,6)7)27(38)29(39)33(24,28)8/h12-16,23-25,27-28,30,37-38,41H,9-11,17-19H2,1-8H3/t23?,24-,25+,27?,28-,30-,33+,34-,35+/m0/s1. The lowest BCUT2D eigenvalue weighted by molar-refractivity contribution is -0.344. The van der Waals surface area contributed by atoms with Crippen molar-refractivity contribution in [2.45, 2.75) is 128 Å². The van der Waals surface area contributed by atoms with Crippen LogP contribution in [-0.4, -0.2) is 89.7 Å². The van der Waals surface area contributed by atoms with Gasteiger partial charge in [-0.2, -0.15) is 0 Å². The van der Waals surface area contributed by atoms with Crippen LogP contribution >= 0.6 is 0 Å². The summed E-state index contributed by atoms with van der Waals surface area (Å²) >= 11 is 0. The molecular formula is C35H50O10Si. The van der Waals surface area contributed by atoms with Gasteiger partial charge in [-0.3, -0.25) is 9.59 Å². The van der Waals surface area contributed by atoms with Gasteiger partial charge in [-0.15, -0.1) is 0 Å². The van der Waals surface area contributed by atoms with Gasteiger partial charge < -0.3 is 34.0 Å². The van der Waals surface area contributed by atoms with Crippen molar-refractivity contribution in [3.63, 3.8) is 0 Å². The van der Waals surface area contributed by atoms with Gasteiger partial charge in [0.25, 0.3) is 0 Å². The second-order valence-electron chi connectivity index (χ2n) is 14.5. The fourth-order valence-electron chi connectivity index (χ4n) is 9.11. The molecule has 254 valence electrons. The number of ether oxygens (including phenoxy) is 3. The van der Waals surface area contributed by atoms with Crippen LogP contribution in [0.25, 0.3) is 0 Å². The quantitative estimate of drug-likeness (QED) is 0.212. The largest absolute Gasteiger partial charge is 0.455 e. The normalized spacial score (nSPS) is 38.5. The third kappa shape index (κ3) is 4.87. The molecule has 4 aliphatic rings. The average Bonchev–Trinajstić information content (AvgIpc) is 3.01. The van der Waals surface area contributed by atoms with E-state index in [1.807, 2.05) is 0 Å². The van der Waals surface area contributed by atoms with Gasteiger partial charge in [0.2, 0.25) is 0 Å². The maximum Gasteiger partial charge on any atom is 0.338 e. The lowest BCUT2D eigenvalue weighted by Crippen LogP contribution is -2.82. The minimum atomic E-state index is -2.42. The first-order valence-electron chi connectivity index (χ1n) is 16.6. The van der Waals surface area contributed by atoms with Crippen molar-refractivity contribution in [3.05, 3.63) is 47.0 Å². The number of carbonyl (C=O) groups is 3. The minimum absolute atomic E-state index is 0.105. The van der Waals surface area contributed by atoms with Crippen LogP contribution in [0.2, 0.25) is 18.1 Å². The van der Waals surface area contributed by atoms with Gasteiger partial charge in [-0.1, -0.05) is 52.8 Å². The molecule has 10 nitrogen and oxygen atoms in total. The summed E-state index contributed by atoms with van der Waals surface area (Å²) in [7, 11) is -2.42. The molecule has 46 heavy (non-hydrogen) atoms. The van der Waals surface area contributed by atoms with E-state index in [9.17, 15) is 24.9 Å². The predicted octanol–water partition coefficient (Wildman–Crippen LogP) is 4.11. The van der Waals surface area contributed by atoms with E-state index < -0.39 is 84.5 Å². The number of Topliss-reactive ketones (excluding diaryl/α,β-unsaturated/α-hetero) is 1. The van der Waals surface area contributed by atoms with Crippen LogP contribution in [0.1, 0.15) is 78.6 Å². The highest BCUT2D eigenvalue weighted by molar-refractivity contribution is 6.73. The van der Waals surface area contributed by atoms with E-state index in [1.165, 1.54) is 6.92 Å². The summed E-state index contributed by atoms with van der Waals surface area (Å²) in [6.45, 7) is 14.1. The number of hydrogen-bond donors (Lipinski definition) is 3. The Kier molecular flexibility index (Phi) is 9.05. The fraction of sp³-hybridized carbons (Fsp3) is 0.686. The second kappa shape index (κ2) is 11.9. The third-order valence-corrected chi connectivity index (χ3v) is 16.9. The van der Waals surface area contributed by atoms with Gasteiger partial charge in [0.05, 0.1) is 35.7 Å². The number of hydrogen-bond acceptors (Lipinski definition) is 10. The lowest BCUT2D eigenvalue weighted by Gasteiger charge is -2.68. The first-order valence-corrected chi connectivity index (χ1v) is 19.1. The second-order valence-corrected chi connectivity index (χ2v) is 19.2. The molecule has 1 saturated heterocycles. The van der Waals surface area contributed by atoms with E-state index in [-0.39, 0.29) is 30.6 Å². The lowest BCUT2D eigenvalue weighted by atomic mass is 9.44. The number of aliphatic hydroxyl groups excluding tert-OH is 2. The number of carbonyl (C=O) groups excluding carboxylic acids is 3. The smallest absolute Gasteiger partial charge is 0.338 e. The summed E-state index contributed by atoms with van der Waals surface area (Å²) in [5.74, 6) is -3.16. The Hall–Kier alpha value is -2.41. The van der Waals surface area contributed by atoms with Gasteiger partial charge in [0.1, 0.15) is 23.9 Å².